The second-order valence-corrected chi connectivity index (χ2v) is 5.61. The summed E-state index contributed by atoms with van der Waals surface area (Å²) in [5.74, 6) is 0. The molecule has 0 aliphatic heterocycles. The van der Waals surface area contributed by atoms with E-state index in [1.807, 2.05) is 6.92 Å². The Labute approximate surface area is 116 Å². The first-order valence-corrected chi connectivity index (χ1v) is 6.87. The lowest BCUT2D eigenvalue weighted by Crippen LogP contribution is -1.80. The maximum absolute atomic E-state index is 9.00. The van der Waals surface area contributed by atoms with E-state index in [1.165, 1.54) is 27.7 Å². The fourth-order valence-corrected chi connectivity index (χ4v) is 2.98. The molecule has 0 saturated heterocycles. The molecule has 0 unspecified atom stereocenters. The highest BCUT2D eigenvalue weighted by atomic mass is 32.1. The van der Waals surface area contributed by atoms with E-state index in [4.69, 9.17) is 5.26 Å². The predicted octanol–water partition coefficient (Wildman–Crippen LogP) is 4.45. The number of rotatable bonds is 1. The normalized spacial score (nSPS) is 10.6. The van der Waals surface area contributed by atoms with Crippen LogP contribution in [-0.2, 0) is 0 Å². The van der Waals surface area contributed by atoms with Crippen molar-refractivity contribution in [2.24, 2.45) is 0 Å². The molecule has 0 atom stereocenters. The molecule has 2 aromatic carbocycles. The van der Waals surface area contributed by atoms with Crippen LogP contribution >= 0.6 is 11.3 Å². The summed E-state index contributed by atoms with van der Waals surface area (Å²) in [6, 6.07) is 14.9. The summed E-state index contributed by atoms with van der Waals surface area (Å²) in [7, 11) is 0. The number of fused-ring (bicyclic) bond motifs is 1. The molecule has 0 aliphatic rings. The SMILES string of the molecule is Cc1ccc2cc(-c3nc(C)c(C#N)s3)ccc2c1. The maximum atomic E-state index is 9.00. The minimum atomic E-state index is 0.694. The van der Waals surface area contributed by atoms with Crippen LogP contribution in [0.3, 0.4) is 0 Å². The number of hydrogen-bond acceptors (Lipinski definition) is 3. The standard InChI is InChI=1S/C16H12N2S/c1-10-3-4-13-8-14(6-5-12(13)7-10)16-18-11(2)15(9-17)19-16/h3-8H,1-2H3. The fraction of sp³-hybridized carbons (Fsp3) is 0.125. The molecular weight excluding hydrogens is 252 g/mol. The second kappa shape index (κ2) is 4.49. The molecule has 3 aromatic rings. The topological polar surface area (TPSA) is 36.7 Å². The largest absolute Gasteiger partial charge is 0.240 e. The van der Waals surface area contributed by atoms with Crippen molar-refractivity contribution < 1.29 is 0 Å². The molecule has 0 fully saturated rings. The van der Waals surface area contributed by atoms with E-state index in [2.05, 4.69) is 54.4 Å². The molecule has 0 saturated carbocycles. The van der Waals surface area contributed by atoms with E-state index in [-0.39, 0.29) is 0 Å². The summed E-state index contributed by atoms with van der Waals surface area (Å²) in [5.41, 5.74) is 3.15. The smallest absolute Gasteiger partial charge is 0.128 e. The van der Waals surface area contributed by atoms with Crippen molar-refractivity contribution >= 4 is 22.1 Å². The van der Waals surface area contributed by atoms with Gasteiger partial charge >= 0.3 is 0 Å². The van der Waals surface area contributed by atoms with Gasteiger partial charge in [0.25, 0.3) is 0 Å². The number of aromatic nitrogens is 1. The Bertz CT molecular complexity index is 809. The molecule has 0 spiro atoms. The predicted molar refractivity (Wildman–Crippen MR) is 79.2 cm³/mol. The van der Waals surface area contributed by atoms with Crippen molar-refractivity contribution in [1.82, 2.24) is 4.98 Å². The fourth-order valence-electron chi connectivity index (χ4n) is 2.12. The van der Waals surface area contributed by atoms with Gasteiger partial charge in [-0.3, -0.25) is 0 Å². The van der Waals surface area contributed by atoms with Gasteiger partial charge < -0.3 is 0 Å². The molecule has 0 radical (unpaired) electrons. The summed E-state index contributed by atoms with van der Waals surface area (Å²) in [6.07, 6.45) is 0. The lowest BCUT2D eigenvalue weighted by molar-refractivity contribution is 1.25. The zero-order valence-corrected chi connectivity index (χ0v) is 11.6. The van der Waals surface area contributed by atoms with Crippen molar-refractivity contribution in [3.05, 3.63) is 52.5 Å². The van der Waals surface area contributed by atoms with Crippen LogP contribution in [0.25, 0.3) is 21.3 Å². The van der Waals surface area contributed by atoms with Crippen molar-refractivity contribution in [2.75, 3.05) is 0 Å². The summed E-state index contributed by atoms with van der Waals surface area (Å²) in [5, 5.41) is 12.4. The van der Waals surface area contributed by atoms with Crippen molar-refractivity contribution in [3.63, 3.8) is 0 Å². The van der Waals surface area contributed by atoms with Crippen LogP contribution in [0.5, 0.6) is 0 Å². The van der Waals surface area contributed by atoms with E-state index in [1.54, 1.807) is 0 Å². The third-order valence-corrected chi connectivity index (χ3v) is 4.25. The van der Waals surface area contributed by atoms with E-state index in [9.17, 15) is 0 Å². The highest BCUT2D eigenvalue weighted by Gasteiger charge is 2.09. The molecule has 2 nitrogen and oxygen atoms in total. The first kappa shape index (κ1) is 11.9. The second-order valence-electron chi connectivity index (χ2n) is 4.61. The van der Waals surface area contributed by atoms with Crippen molar-refractivity contribution in [2.45, 2.75) is 13.8 Å². The van der Waals surface area contributed by atoms with E-state index in [0.29, 0.717) is 4.88 Å². The van der Waals surface area contributed by atoms with Crippen molar-refractivity contribution in [3.8, 4) is 16.6 Å². The maximum Gasteiger partial charge on any atom is 0.128 e. The average Bonchev–Trinajstić information content (AvgIpc) is 2.79. The molecule has 0 aliphatic carbocycles. The first-order chi connectivity index (χ1) is 9.17. The van der Waals surface area contributed by atoms with Crippen LogP contribution in [0, 0.1) is 25.2 Å². The molecule has 3 heteroatoms. The Kier molecular flexibility index (Phi) is 2.81. The zero-order chi connectivity index (χ0) is 13.4. The van der Waals surface area contributed by atoms with Gasteiger partial charge in [0.1, 0.15) is 16.0 Å². The number of nitriles is 1. The molecule has 0 bridgehead atoms. The van der Waals surface area contributed by atoms with Crippen LogP contribution in [-0.4, -0.2) is 4.98 Å². The molecule has 0 amide bonds. The van der Waals surface area contributed by atoms with Gasteiger partial charge in [-0.15, -0.1) is 11.3 Å². The van der Waals surface area contributed by atoms with Crippen LogP contribution in [0.15, 0.2) is 36.4 Å². The molecule has 92 valence electrons. The number of nitrogens with zero attached hydrogens (tertiary/aromatic N) is 2. The quantitative estimate of drug-likeness (QED) is 0.651. The number of aryl methyl sites for hydroxylation is 2. The van der Waals surface area contributed by atoms with Gasteiger partial charge in [-0.1, -0.05) is 35.9 Å². The highest BCUT2D eigenvalue weighted by molar-refractivity contribution is 7.15. The van der Waals surface area contributed by atoms with Crippen molar-refractivity contribution in [1.29, 1.82) is 5.26 Å². The lowest BCUT2D eigenvalue weighted by atomic mass is 10.1. The molecular formula is C16H12N2S. The Balaban J connectivity index is 2.15. The van der Waals surface area contributed by atoms with Gasteiger partial charge in [-0.25, -0.2) is 4.98 Å². The van der Waals surface area contributed by atoms with Crippen LogP contribution in [0.2, 0.25) is 0 Å². The van der Waals surface area contributed by atoms with E-state index < -0.39 is 0 Å². The molecule has 0 N–H and O–H groups in total. The zero-order valence-electron chi connectivity index (χ0n) is 10.8. The van der Waals surface area contributed by atoms with Crippen LogP contribution in [0.1, 0.15) is 16.1 Å². The number of hydrogen-bond donors (Lipinski definition) is 0. The summed E-state index contributed by atoms with van der Waals surface area (Å²) < 4.78 is 0. The molecule has 3 rings (SSSR count). The average molecular weight is 264 g/mol. The van der Waals surface area contributed by atoms with E-state index >= 15 is 0 Å². The molecule has 1 heterocycles. The Hall–Kier alpha value is -2.18. The number of benzene rings is 2. The monoisotopic (exact) mass is 264 g/mol. The minimum Gasteiger partial charge on any atom is -0.240 e. The third-order valence-electron chi connectivity index (χ3n) is 3.14. The Morgan fingerprint density at radius 1 is 1.05 bits per heavy atom. The Morgan fingerprint density at radius 3 is 2.53 bits per heavy atom. The first-order valence-electron chi connectivity index (χ1n) is 6.06. The Morgan fingerprint density at radius 2 is 1.79 bits per heavy atom. The van der Waals surface area contributed by atoms with Gasteiger partial charge in [0, 0.05) is 5.56 Å². The summed E-state index contributed by atoms with van der Waals surface area (Å²) in [6.45, 7) is 3.97. The van der Waals surface area contributed by atoms with Gasteiger partial charge in [0.2, 0.25) is 0 Å². The highest BCUT2D eigenvalue weighted by Crippen LogP contribution is 2.30. The number of thiazole rings is 1. The summed E-state index contributed by atoms with van der Waals surface area (Å²) in [4.78, 5) is 5.17. The van der Waals surface area contributed by atoms with Gasteiger partial charge in [0.15, 0.2) is 0 Å². The van der Waals surface area contributed by atoms with Crippen LogP contribution in [0.4, 0.5) is 0 Å². The van der Waals surface area contributed by atoms with Crippen LogP contribution < -0.4 is 0 Å². The van der Waals surface area contributed by atoms with Gasteiger partial charge in [-0.05, 0) is 30.7 Å². The van der Waals surface area contributed by atoms with E-state index in [0.717, 1.165) is 16.3 Å². The summed E-state index contributed by atoms with van der Waals surface area (Å²) >= 11 is 1.45. The van der Waals surface area contributed by atoms with Gasteiger partial charge in [-0.2, -0.15) is 5.26 Å². The lowest BCUT2D eigenvalue weighted by Gasteiger charge is -2.02. The van der Waals surface area contributed by atoms with Gasteiger partial charge in [0.05, 0.1) is 5.69 Å². The molecule has 1 aromatic heterocycles. The minimum absolute atomic E-state index is 0.694. The third kappa shape index (κ3) is 2.11. The molecule has 19 heavy (non-hydrogen) atoms.